The van der Waals surface area contributed by atoms with Crippen LogP contribution in [0.3, 0.4) is 0 Å². The Morgan fingerprint density at radius 2 is 1.97 bits per heavy atom. The number of sulfonamides is 1. The van der Waals surface area contributed by atoms with Crippen molar-refractivity contribution in [2.24, 2.45) is 5.92 Å². The van der Waals surface area contributed by atoms with Gasteiger partial charge in [0.1, 0.15) is 5.82 Å². The van der Waals surface area contributed by atoms with Crippen molar-refractivity contribution in [3.05, 3.63) is 46.4 Å². The van der Waals surface area contributed by atoms with Crippen molar-refractivity contribution in [2.75, 3.05) is 19.3 Å². The minimum absolute atomic E-state index is 0.0569. The summed E-state index contributed by atoms with van der Waals surface area (Å²) in [5.41, 5.74) is 1.48. The fourth-order valence-electron chi connectivity index (χ4n) is 4.24. The van der Waals surface area contributed by atoms with Crippen molar-refractivity contribution in [1.29, 1.82) is 0 Å². The highest BCUT2D eigenvalue weighted by molar-refractivity contribution is 7.88. The molecule has 0 spiro atoms. The van der Waals surface area contributed by atoms with E-state index in [-0.39, 0.29) is 29.6 Å². The van der Waals surface area contributed by atoms with Gasteiger partial charge in [-0.15, -0.1) is 11.3 Å². The molecule has 3 atom stereocenters. The average molecular weight is 437 g/mol. The molecule has 1 N–H and O–H groups in total. The van der Waals surface area contributed by atoms with Crippen LogP contribution in [0.5, 0.6) is 0 Å². The van der Waals surface area contributed by atoms with E-state index >= 15 is 0 Å². The number of amides is 1. The van der Waals surface area contributed by atoms with Gasteiger partial charge in [-0.1, -0.05) is 18.2 Å². The lowest BCUT2D eigenvalue weighted by Gasteiger charge is -2.21. The number of hydrogen-bond donors (Lipinski definition) is 1. The summed E-state index contributed by atoms with van der Waals surface area (Å²) in [4.78, 5) is 16.0. The van der Waals surface area contributed by atoms with Gasteiger partial charge in [0.2, 0.25) is 15.9 Å². The summed E-state index contributed by atoms with van der Waals surface area (Å²) < 4.78 is 39.9. The highest BCUT2D eigenvalue weighted by atomic mass is 32.2. The molecule has 1 saturated carbocycles. The minimum atomic E-state index is -3.24. The number of likely N-dealkylation sites (tertiary alicyclic amines) is 1. The van der Waals surface area contributed by atoms with Crippen molar-refractivity contribution in [2.45, 2.75) is 37.6 Å². The zero-order valence-corrected chi connectivity index (χ0v) is 17.9. The van der Waals surface area contributed by atoms with Gasteiger partial charge in [0.05, 0.1) is 6.26 Å². The first-order valence-electron chi connectivity index (χ1n) is 9.92. The Morgan fingerprint density at radius 1 is 1.17 bits per heavy atom. The van der Waals surface area contributed by atoms with Crippen molar-refractivity contribution >= 4 is 27.3 Å². The summed E-state index contributed by atoms with van der Waals surface area (Å²) in [5.74, 6) is -0.0145. The maximum atomic E-state index is 14.2. The number of benzene rings is 1. The maximum absolute atomic E-state index is 14.2. The van der Waals surface area contributed by atoms with E-state index in [1.807, 2.05) is 22.4 Å². The Balaban J connectivity index is 1.42. The van der Waals surface area contributed by atoms with Crippen molar-refractivity contribution in [3.63, 3.8) is 0 Å². The third-order valence-electron chi connectivity index (χ3n) is 5.72. The predicted molar refractivity (Wildman–Crippen MR) is 113 cm³/mol. The maximum Gasteiger partial charge on any atom is 0.226 e. The van der Waals surface area contributed by atoms with E-state index in [1.54, 1.807) is 23.5 Å². The Hall–Kier alpha value is -1.77. The first kappa shape index (κ1) is 20.5. The number of nitrogens with zero attached hydrogens (tertiary/aromatic N) is 1. The number of thiophene rings is 1. The van der Waals surface area contributed by atoms with Crippen molar-refractivity contribution in [3.8, 4) is 11.1 Å². The molecule has 8 heteroatoms. The molecule has 1 aromatic heterocycles. The summed E-state index contributed by atoms with van der Waals surface area (Å²) in [6.45, 7) is 1.23. The fraction of sp³-hybridized carbons (Fsp3) is 0.476. The second-order valence-corrected chi connectivity index (χ2v) is 10.7. The van der Waals surface area contributed by atoms with Crippen LogP contribution in [0.4, 0.5) is 4.39 Å². The van der Waals surface area contributed by atoms with Crippen LogP contribution < -0.4 is 4.72 Å². The van der Waals surface area contributed by atoms with E-state index in [0.29, 0.717) is 25.1 Å². The van der Waals surface area contributed by atoms with Crippen LogP contribution in [0.25, 0.3) is 11.1 Å². The molecule has 1 aliphatic heterocycles. The molecule has 1 aliphatic carbocycles. The third kappa shape index (κ3) is 4.70. The number of halogens is 1. The Bertz CT molecular complexity index is 1000. The molecule has 5 nitrogen and oxygen atoms in total. The molecule has 4 rings (SSSR count). The Labute approximate surface area is 175 Å². The Kier molecular flexibility index (Phi) is 5.77. The zero-order valence-electron chi connectivity index (χ0n) is 16.3. The molecule has 2 heterocycles. The van der Waals surface area contributed by atoms with Crippen LogP contribution in [0.2, 0.25) is 0 Å². The van der Waals surface area contributed by atoms with Gasteiger partial charge in [-0.25, -0.2) is 17.5 Å². The molecule has 2 fully saturated rings. The standard InChI is InChI=1S/C21H25FN2O3S2/c1-29(26,27)23-14-5-4-10-24(11-8-14)21(25)18-13-17(18)20-16(9-12-28-20)15-6-2-3-7-19(15)22/h2-3,6-7,9,12,14,17-18,23H,4-5,8,10-11,13H2,1H3. The number of hydrogen-bond acceptors (Lipinski definition) is 4. The highest BCUT2D eigenvalue weighted by Gasteiger charge is 2.47. The van der Waals surface area contributed by atoms with Crippen LogP contribution in [0.15, 0.2) is 35.7 Å². The molecule has 1 amide bonds. The molecule has 1 saturated heterocycles. The number of nitrogens with one attached hydrogen (secondary N) is 1. The second-order valence-electron chi connectivity index (χ2n) is 7.97. The summed E-state index contributed by atoms with van der Waals surface area (Å²) in [7, 11) is -3.24. The summed E-state index contributed by atoms with van der Waals surface area (Å²) in [6, 6.07) is 8.58. The van der Waals surface area contributed by atoms with Crippen LogP contribution >= 0.6 is 11.3 Å². The molecule has 3 unspecified atom stereocenters. The predicted octanol–water partition coefficient (Wildman–Crippen LogP) is 3.59. The van der Waals surface area contributed by atoms with Gasteiger partial charge in [-0.2, -0.15) is 0 Å². The van der Waals surface area contributed by atoms with E-state index in [9.17, 15) is 17.6 Å². The molecule has 2 aromatic rings. The van der Waals surface area contributed by atoms with E-state index < -0.39 is 10.0 Å². The SMILES string of the molecule is CS(=O)(=O)NC1CCCN(C(=O)C2CC2c2sccc2-c2ccccc2F)CC1. The average Bonchev–Trinajstić information content (AvgIpc) is 3.37. The molecular formula is C21H25FN2O3S2. The molecule has 1 aromatic carbocycles. The van der Waals surface area contributed by atoms with E-state index in [0.717, 1.165) is 29.7 Å². The second kappa shape index (κ2) is 8.16. The number of carbonyl (C=O) groups is 1. The van der Waals surface area contributed by atoms with E-state index in [1.165, 1.54) is 12.3 Å². The summed E-state index contributed by atoms with van der Waals surface area (Å²) in [6.07, 6.45) is 4.13. The minimum Gasteiger partial charge on any atom is -0.342 e. The molecule has 29 heavy (non-hydrogen) atoms. The van der Waals surface area contributed by atoms with Gasteiger partial charge >= 0.3 is 0 Å². The molecule has 2 aliphatic rings. The van der Waals surface area contributed by atoms with Crippen LogP contribution in [0.1, 0.15) is 36.5 Å². The fourth-order valence-corrected chi connectivity index (χ4v) is 6.17. The first-order valence-corrected chi connectivity index (χ1v) is 12.7. The molecule has 0 radical (unpaired) electrons. The summed E-state index contributed by atoms with van der Waals surface area (Å²) >= 11 is 1.59. The molecular weight excluding hydrogens is 411 g/mol. The van der Waals surface area contributed by atoms with Gasteiger partial charge < -0.3 is 4.90 Å². The van der Waals surface area contributed by atoms with Crippen LogP contribution in [0, 0.1) is 11.7 Å². The smallest absolute Gasteiger partial charge is 0.226 e. The highest BCUT2D eigenvalue weighted by Crippen LogP contribution is 2.53. The van der Waals surface area contributed by atoms with Crippen LogP contribution in [-0.4, -0.2) is 44.6 Å². The van der Waals surface area contributed by atoms with Crippen molar-refractivity contribution in [1.82, 2.24) is 9.62 Å². The largest absolute Gasteiger partial charge is 0.342 e. The summed E-state index contributed by atoms with van der Waals surface area (Å²) in [5, 5.41) is 1.96. The van der Waals surface area contributed by atoms with Crippen molar-refractivity contribution < 1.29 is 17.6 Å². The van der Waals surface area contributed by atoms with Gasteiger partial charge in [-0.3, -0.25) is 4.79 Å². The number of rotatable bonds is 5. The molecule has 0 bridgehead atoms. The monoisotopic (exact) mass is 436 g/mol. The molecule has 156 valence electrons. The lowest BCUT2D eigenvalue weighted by molar-refractivity contribution is -0.132. The normalized spacial score (nSPS) is 24.9. The Morgan fingerprint density at radius 3 is 2.72 bits per heavy atom. The van der Waals surface area contributed by atoms with E-state index in [2.05, 4.69) is 4.72 Å². The van der Waals surface area contributed by atoms with Gasteiger partial charge in [0.15, 0.2) is 0 Å². The van der Waals surface area contributed by atoms with Crippen LogP contribution in [-0.2, 0) is 14.8 Å². The quantitative estimate of drug-likeness (QED) is 0.779. The van der Waals surface area contributed by atoms with Gasteiger partial charge in [0, 0.05) is 41.4 Å². The first-order chi connectivity index (χ1) is 13.8. The third-order valence-corrected chi connectivity index (χ3v) is 7.53. The topological polar surface area (TPSA) is 66.5 Å². The lowest BCUT2D eigenvalue weighted by Crippen LogP contribution is -2.36. The van der Waals surface area contributed by atoms with E-state index in [4.69, 9.17) is 0 Å². The lowest BCUT2D eigenvalue weighted by atomic mass is 10.0. The zero-order chi connectivity index (χ0) is 20.6. The van der Waals surface area contributed by atoms with Gasteiger partial charge in [-0.05, 0) is 48.8 Å². The number of carbonyl (C=O) groups excluding carboxylic acids is 1. The van der Waals surface area contributed by atoms with Gasteiger partial charge in [0.25, 0.3) is 0 Å².